The molecule has 0 saturated carbocycles. The zero-order valence-corrected chi connectivity index (χ0v) is 23.2. The second-order valence-electron chi connectivity index (χ2n) is 9.99. The SMILES string of the molecule is Cc1cc(C)c(-c2cc(C(C)(C)C)cc(C(C)(C)C)c2)c(C)c1.I.O=S(=O)(O)C(F)(F)F. The van der Waals surface area contributed by atoms with Gasteiger partial charge in [0.2, 0.25) is 0 Å². The molecule has 0 aliphatic carbocycles. The standard InChI is InChI=1S/C23H32.CHF3O3S.HI/c1-15-10-16(2)21(17(3)11-15)18-12-19(22(4,5)6)14-20(13-18)23(7,8)9;2-1(3,4)8(5,6)7;/h10-14H,1-9H3;(H,5,6,7);1H. The van der Waals surface area contributed by atoms with Gasteiger partial charge in [-0.05, 0) is 65.0 Å². The van der Waals surface area contributed by atoms with E-state index in [1.165, 1.54) is 38.9 Å². The van der Waals surface area contributed by atoms with E-state index in [0.29, 0.717) is 0 Å². The molecule has 2 aromatic rings. The molecule has 0 aliphatic rings. The third-order valence-corrected chi connectivity index (χ3v) is 5.51. The number of hydrogen-bond donors (Lipinski definition) is 1. The van der Waals surface area contributed by atoms with Crippen LogP contribution in [0.3, 0.4) is 0 Å². The van der Waals surface area contributed by atoms with E-state index in [-0.39, 0.29) is 34.8 Å². The lowest BCUT2D eigenvalue weighted by Gasteiger charge is -2.27. The van der Waals surface area contributed by atoms with Crippen molar-refractivity contribution in [2.75, 3.05) is 0 Å². The molecule has 32 heavy (non-hydrogen) atoms. The first-order valence-electron chi connectivity index (χ1n) is 9.92. The van der Waals surface area contributed by atoms with Crippen LogP contribution in [0.1, 0.15) is 69.4 Å². The largest absolute Gasteiger partial charge is 0.522 e. The highest BCUT2D eigenvalue weighted by molar-refractivity contribution is 14.0. The summed E-state index contributed by atoms with van der Waals surface area (Å²) in [6.45, 7) is 20.4. The molecule has 182 valence electrons. The van der Waals surface area contributed by atoms with Gasteiger partial charge in [-0.1, -0.05) is 77.4 Å². The molecule has 0 atom stereocenters. The summed E-state index contributed by atoms with van der Waals surface area (Å²) >= 11 is 0. The fourth-order valence-corrected chi connectivity index (χ4v) is 3.27. The highest BCUT2D eigenvalue weighted by atomic mass is 127. The van der Waals surface area contributed by atoms with Gasteiger partial charge in [-0.3, -0.25) is 4.55 Å². The Bertz CT molecular complexity index is 990. The molecule has 0 spiro atoms. The van der Waals surface area contributed by atoms with E-state index in [1.54, 1.807) is 0 Å². The number of hydrogen-bond acceptors (Lipinski definition) is 2. The number of rotatable bonds is 1. The normalized spacial score (nSPS) is 12.5. The van der Waals surface area contributed by atoms with Crippen LogP contribution in [0, 0.1) is 20.8 Å². The number of benzene rings is 2. The number of aryl methyl sites for hydroxylation is 3. The average molecular weight is 586 g/mol. The third kappa shape index (κ3) is 8.33. The topological polar surface area (TPSA) is 54.4 Å². The minimum Gasteiger partial charge on any atom is -0.279 e. The molecular formula is C24H34F3IO3S. The van der Waals surface area contributed by atoms with Gasteiger partial charge >= 0.3 is 15.6 Å². The molecule has 2 aromatic carbocycles. The van der Waals surface area contributed by atoms with Gasteiger partial charge in [-0.15, -0.1) is 24.0 Å². The van der Waals surface area contributed by atoms with E-state index in [9.17, 15) is 13.2 Å². The van der Waals surface area contributed by atoms with Crippen LogP contribution in [0.5, 0.6) is 0 Å². The van der Waals surface area contributed by atoms with Crippen molar-refractivity contribution in [1.82, 2.24) is 0 Å². The summed E-state index contributed by atoms with van der Waals surface area (Å²) < 4.78 is 57.5. The van der Waals surface area contributed by atoms with Crippen molar-refractivity contribution in [2.24, 2.45) is 0 Å². The molecule has 0 unspecified atom stereocenters. The summed E-state index contributed by atoms with van der Waals surface area (Å²) in [6, 6.07) is 11.8. The van der Waals surface area contributed by atoms with E-state index < -0.39 is 15.6 Å². The van der Waals surface area contributed by atoms with Crippen LogP contribution in [0.4, 0.5) is 13.2 Å². The minimum absolute atomic E-state index is 0. The van der Waals surface area contributed by atoms with Gasteiger partial charge in [0.05, 0.1) is 0 Å². The van der Waals surface area contributed by atoms with E-state index in [1.807, 2.05) is 0 Å². The zero-order chi connectivity index (χ0) is 24.6. The highest BCUT2D eigenvalue weighted by Crippen LogP contribution is 2.36. The third-order valence-electron chi connectivity index (χ3n) is 4.92. The van der Waals surface area contributed by atoms with Crippen molar-refractivity contribution >= 4 is 34.1 Å². The van der Waals surface area contributed by atoms with Crippen LogP contribution in [0.25, 0.3) is 11.1 Å². The van der Waals surface area contributed by atoms with Gasteiger partial charge in [0, 0.05) is 0 Å². The summed E-state index contributed by atoms with van der Waals surface area (Å²) in [5, 5.41) is 0. The van der Waals surface area contributed by atoms with E-state index in [0.717, 1.165) is 0 Å². The maximum Gasteiger partial charge on any atom is 0.522 e. The van der Waals surface area contributed by atoms with Crippen molar-refractivity contribution in [1.29, 1.82) is 0 Å². The zero-order valence-electron chi connectivity index (χ0n) is 20.1. The van der Waals surface area contributed by atoms with Gasteiger partial charge in [-0.2, -0.15) is 21.6 Å². The maximum absolute atomic E-state index is 10.7. The summed E-state index contributed by atoms with van der Waals surface area (Å²) in [4.78, 5) is 0. The van der Waals surface area contributed by atoms with Gasteiger partial charge in [0.1, 0.15) is 0 Å². The van der Waals surface area contributed by atoms with Crippen molar-refractivity contribution < 1.29 is 26.1 Å². The fourth-order valence-electron chi connectivity index (χ4n) is 3.27. The Morgan fingerprint density at radius 1 is 0.719 bits per heavy atom. The van der Waals surface area contributed by atoms with Crippen LogP contribution in [0.2, 0.25) is 0 Å². The highest BCUT2D eigenvalue weighted by Gasteiger charge is 2.44. The number of alkyl halides is 3. The van der Waals surface area contributed by atoms with Crippen molar-refractivity contribution in [2.45, 2.75) is 78.7 Å². The van der Waals surface area contributed by atoms with Crippen molar-refractivity contribution in [3.63, 3.8) is 0 Å². The maximum atomic E-state index is 10.7. The molecule has 0 radical (unpaired) electrons. The van der Waals surface area contributed by atoms with Crippen LogP contribution in [-0.4, -0.2) is 18.5 Å². The number of halogens is 4. The summed E-state index contributed by atoms with van der Waals surface area (Å²) in [5.74, 6) is 0. The van der Waals surface area contributed by atoms with Crippen LogP contribution in [-0.2, 0) is 20.9 Å². The molecule has 0 fully saturated rings. The average Bonchev–Trinajstić information content (AvgIpc) is 2.50. The molecular weight excluding hydrogens is 552 g/mol. The monoisotopic (exact) mass is 586 g/mol. The molecule has 3 nitrogen and oxygen atoms in total. The van der Waals surface area contributed by atoms with Crippen molar-refractivity contribution in [3.05, 3.63) is 58.1 Å². The molecule has 8 heteroatoms. The predicted molar refractivity (Wildman–Crippen MR) is 137 cm³/mol. The van der Waals surface area contributed by atoms with Gasteiger partial charge < -0.3 is 0 Å². The molecule has 0 aliphatic heterocycles. The van der Waals surface area contributed by atoms with Gasteiger partial charge in [0.25, 0.3) is 0 Å². The summed E-state index contributed by atoms with van der Waals surface area (Å²) in [6.07, 6.45) is 0. The molecule has 1 N–H and O–H groups in total. The molecule has 0 saturated heterocycles. The van der Waals surface area contributed by atoms with E-state index in [2.05, 4.69) is 92.6 Å². The Morgan fingerprint density at radius 2 is 1.03 bits per heavy atom. The first-order chi connectivity index (χ1) is 13.6. The Balaban J connectivity index is 0.000000917. The summed E-state index contributed by atoms with van der Waals surface area (Å²) in [7, 11) is -5.84. The first-order valence-corrected chi connectivity index (χ1v) is 11.4. The Labute approximate surface area is 207 Å². The molecule has 2 rings (SSSR count). The summed E-state index contributed by atoms with van der Waals surface area (Å²) in [5.41, 5.74) is 4.44. The second kappa shape index (κ2) is 10.4. The lowest BCUT2D eigenvalue weighted by Crippen LogP contribution is -2.21. The lowest BCUT2D eigenvalue weighted by atomic mass is 9.78. The molecule has 0 bridgehead atoms. The fraction of sp³-hybridized carbons (Fsp3) is 0.500. The minimum atomic E-state index is -5.84. The van der Waals surface area contributed by atoms with Crippen molar-refractivity contribution in [3.8, 4) is 11.1 Å². The smallest absolute Gasteiger partial charge is 0.279 e. The Morgan fingerprint density at radius 3 is 1.28 bits per heavy atom. The molecule has 0 aromatic heterocycles. The second-order valence-corrected chi connectivity index (χ2v) is 11.4. The van der Waals surface area contributed by atoms with Gasteiger partial charge in [0.15, 0.2) is 0 Å². The quantitative estimate of drug-likeness (QED) is 0.210. The first kappa shape index (κ1) is 30.9. The van der Waals surface area contributed by atoms with Gasteiger partial charge in [-0.25, -0.2) is 0 Å². The lowest BCUT2D eigenvalue weighted by molar-refractivity contribution is -0.0510. The van der Waals surface area contributed by atoms with E-state index >= 15 is 0 Å². The molecule has 0 amide bonds. The molecule has 0 heterocycles. The van der Waals surface area contributed by atoms with Crippen LogP contribution < -0.4 is 0 Å². The Kier molecular flexibility index (Phi) is 10.1. The predicted octanol–water partition coefficient (Wildman–Crippen LogP) is 7.89. The Hall–Kier alpha value is -1.13. The van der Waals surface area contributed by atoms with Crippen LogP contribution >= 0.6 is 24.0 Å². The van der Waals surface area contributed by atoms with E-state index in [4.69, 9.17) is 13.0 Å². The van der Waals surface area contributed by atoms with Crippen LogP contribution in [0.15, 0.2) is 30.3 Å².